The minimum Gasteiger partial charge on any atom is -0.467 e. The molecule has 1 aromatic rings. The van der Waals surface area contributed by atoms with E-state index in [-0.39, 0.29) is 31.5 Å². The second kappa shape index (κ2) is 7.62. The third-order valence-electron chi connectivity index (χ3n) is 3.63. The highest BCUT2D eigenvalue weighted by Crippen LogP contribution is 2.17. The van der Waals surface area contributed by atoms with E-state index in [0.29, 0.717) is 0 Å². The van der Waals surface area contributed by atoms with Crippen molar-refractivity contribution in [2.24, 2.45) is 5.92 Å². The van der Waals surface area contributed by atoms with Crippen LogP contribution >= 0.6 is 0 Å². The molecule has 0 radical (unpaired) electrons. The first-order chi connectivity index (χ1) is 11.0. The molecule has 1 heterocycles. The maximum atomic E-state index is 11.9. The molecule has 1 atom stereocenters. The maximum Gasteiger partial charge on any atom is 0.410 e. The van der Waals surface area contributed by atoms with Crippen molar-refractivity contribution in [1.29, 1.82) is 0 Å². The van der Waals surface area contributed by atoms with Gasteiger partial charge in [-0.25, -0.2) is 9.59 Å². The van der Waals surface area contributed by atoms with Crippen LogP contribution in [-0.2, 0) is 25.7 Å². The van der Waals surface area contributed by atoms with Gasteiger partial charge in [-0.2, -0.15) is 0 Å². The number of rotatable bonds is 5. The van der Waals surface area contributed by atoms with Crippen molar-refractivity contribution in [2.75, 3.05) is 20.2 Å². The SMILES string of the molecule is COC(=O)[C@H](C)NC(=O)C1CN(C(=O)OCc2ccccc2)C1. The van der Waals surface area contributed by atoms with Gasteiger partial charge in [0, 0.05) is 13.1 Å². The molecule has 7 nitrogen and oxygen atoms in total. The van der Waals surface area contributed by atoms with Crippen LogP contribution in [0.2, 0.25) is 0 Å². The van der Waals surface area contributed by atoms with E-state index in [0.717, 1.165) is 5.56 Å². The van der Waals surface area contributed by atoms with Crippen LogP contribution in [0.4, 0.5) is 4.79 Å². The molecule has 23 heavy (non-hydrogen) atoms. The second-order valence-corrected chi connectivity index (χ2v) is 5.40. The number of carbonyl (C=O) groups excluding carboxylic acids is 3. The molecule has 0 unspecified atom stereocenters. The Morgan fingerprint density at radius 1 is 1.26 bits per heavy atom. The predicted molar refractivity (Wildman–Crippen MR) is 81.3 cm³/mol. The van der Waals surface area contributed by atoms with Crippen molar-refractivity contribution in [3.8, 4) is 0 Å². The zero-order valence-electron chi connectivity index (χ0n) is 13.2. The highest BCUT2D eigenvalue weighted by Gasteiger charge is 2.37. The number of carbonyl (C=O) groups is 3. The Hall–Kier alpha value is -2.57. The monoisotopic (exact) mass is 320 g/mol. The molecule has 0 saturated carbocycles. The van der Waals surface area contributed by atoms with Crippen molar-refractivity contribution < 1.29 is 23.9 Å². The average molecular weight is 320 g/mol. The first-order valence-electron chi connectivity index (χ1n) is 7.35. The molecule has 0 aliphatic carbocycles. The molecule has 1 N–H and O–H groups in total. The maximum absolute atomic E-state index is 11.9. The van der Waals surface area contributed by atoms with E-state index >= 15 is 0 Å². The van der Waals surface area contributed by atoms with Crippen LogP contribution in [0.15, 0.2) is 30.3 Å². The summed E-state index contributed by atoms with van der Waals surface area (Å²) in [5, 5.41) is 2.56. The van der Waals surface area contributed by atoms with E-state index < -0.39 is 18.1 Å². The highest BCUT2D eigenvalue weighted by molar-refractivity contribution is 5.87. The van der Waals surface area contributed by atoms with Gasteiger partial charge in [0.2, 0.25) is 5.91 Å². The number of amides is 2. The fourth-order valence-corrected chi connectivity index (χ4v) is 2.17. The number of likely N-dealkylation sites (tertiary alicyclic amines) is 1. The molecular formula is C16H20N2O5. The molecule has 1 aliphatic heterocycles. The zero-order valence-corrected chi connectivity index (χ0v) is 13.2. The van der Waals surface area contributed by atoms with E-state index in [1.807, 2.05) is 30.3 Å². The largest absolute Gasteiger partial charge is 0.467 e. The molecule has 1 fully saturated rings. The lowest BCUT2D eigenvalue weighted by molar-refractivity contribution is -0.145. The number of nitrogens with one attached hydrogen (secondary N) is 1. The summed E-state index contributed by atoms with van der Waals surface area (Å²) in [6.45, 7) is 2.32. The van der Waals surface area contributed by atoms with Crippen LogP contribution in [-0.4, -0.2) is 49.1 Å². The van der Waals surface area contributed by atoms with Gasteiger partial charge in [-0.3, -0.25) is 4.79 Å². The van der Waals surface area contributed by atoms with E-state index in [9.17, 15) is 14.4 Å². The van der Waals surface area contributed by atoms with Gasteiger partial charge in [-0.1, -0.05) is 30.3 Å². The van der Waals surface area contributed by atoms with Crippen LogP contribution in [0.25, 0.3) is 0 Å². The molecule has 2 rings (SSSR count). The zero-order chi connectivity index (χ0) is 16.8. The third kappa shape index (κ3) is 4.45. The van der Waals surface area contributed by atoms with Gasteiger partial charge >= 0.3 is 12.1 Å². The van der Waals surface area contributed by atoms with E-state index in [1.165, 1.54) is 12.0 Å². The Balaban J connectivity index is 1.70. The number of methoxy groups -OCH3 is 1. The van der Waals surface area contributed by atoms with Crippen LogP contribution < -0.4 is 5.32 Å². The van der Waals surface area contributed by atoms with Crippen molar-refractivity contribution in [3.05, 3.63) is 35.9 Å². The topological polar surface area (TPSA) is 84.9 Å². The molecule has 1 aromatic carbocycles. The van der Waals surface area contributed by atoms with Crippen LogP contribution in [0, 0.1) is 5.92 Å². The summed E-state index contributed by atoms with van der Waals surface area (Å²) in [5.74, 6) is -1.10. The Bertz CT molecular complexity index is 569. The third-order valence-corrected chi connectivity index (χ3v) is 3.63. The minimum absolute atomic E-state index is 0.201. The molecule has 2 amide bonds. The molecule has 0 spiro atoms. The van der Waals surface area contributed by atoms with Gasteiger partial charge in [-0.05, 0) is 12.5 Å². The average Bonchev–Trinajstić information content (AvgIpc) is 2.51. The quantitative estimate of drug-likeness (QED) is 0.816. The standard InChI is InChI=1S/C16H20N2O5/c1-11(15(20)22-2)17-14(19)13-8-18(9-13)16(21)23-10-12-6-4-3-5-7-12/h3-7,11,13H,8-10H2,1-2H3,(H,17,19)/t11-/m0/s1. The number of esters is 1. The van der Waals surface area contributed by atoms with E-state index in [1.54, 1.807) is 6.92 Å². The van der Waals surface area contributed by atoms with Gasteiger partial charge in [0.25, 0.3) is 0 Å². The lowest BCUT2D eigenvalue weighted by Crippen LogP contribution is -2.57. The van der Waals surface area contributed by atoms with E-state index in [2.05, 4.69) is 10.1 Å². The number of nitrogens with zero attached hydrogens (tertiary/aromatic N) is 1. The highest BCUT2D eigenvalue weighted by atomic mass is 16.6. The Kier molecular flexibility index (Phi) is 5.56. The predicted octanol–water partition coefficient (Wildman–Crippen LogP) is 0.933. The van der Waals surface area contributed by atoms with Gasteiger partial charge in [0.15, 0.2) is 0 Å². The molecule has 0 bridgehead atoms. The Labute approximate surface area is 134 Å². The summed E-state index contributed by atoms with van der Waals surface area (Å²) in [7, 11) is 1.26. The summed E-state index contributed by atoms with van der Waals surface area (Å²) in [5.41, 5.74) is 0.905. The summed E-state index contributed by atoms with van der Waals surface area (Å²) in [6.07, 6.45) is -0.445. The van der Waals surface area contributed by atoms with Crippen molar-refractivity contribution >= 4 is 18.0 Å². The minimum atomic E-state index is -0.702. The molecule has 0 aromatic heterocycles. The molecule has 1 aliphatic rings. The summed E-state index contributed by atoms with van der Waals surface area (Å²) >= 11 is 0. The fraction of sp³-hybridized carbons (Fsp3) is 0.438. The van der Waals surface area contributed by atoms with Gasteiger partial charge < -0.3 is 19.7 Å². The second-order valence-electron chi connectivity index (χ2n) is 5.40. The molecule has 1 saturated heterocycles. The number of hydrogen-bond donors (Lipinski definition) is 1. The normalized spacial score (nSPS) is 15.3. The van der Waals surface area contributed by atoms with Gasteiger partial charge in [0.05, 0.1) is 13.0 Å². The lowest BCUT2D eigenvalue weighted by atomic mass is 9.99. The van der Waals surface area contributed by atoms with E-state index in [4.69, 9.17) is 4.74 Å². The first kappa shape index (κ1) is 16.8. The smallest absolute Gasteiger partial charge is 0.410 e. The van der Waals surface area contributed by atoms with Crippen molar-refractivity contribution in [2.45, 2.75) is 19.6 Å². The summed E-state index contributed by atoms with van der Waals surface area (Å²) in [6, 6.07) is 8.67. The van der Waals surface area contributed by atoms with Crippen molar-refractivity contribution in [1.82, 2.24) is 10.2 Å². The number of hydrogen-bond acceptors (Lipinski definition) is 5. The first-order valence-corrected chi connectivity index (χ1v) is 7.35. The molecule has 124 valence electrons. The number of ether oxygens (including phenoxy) is 2. The van der Waals surface area contributed by atoms with Crippen LogP contribution in [0.5, 0.6) is 0 Å². The van der Waals surface area contributed by atoms with Crippen molar-refractivity contribution in [3.63, 3.8) is 0 Å². The van der Waals surface area contributed by atoms with Gasteiger partial charge in [-0.15, -0.1) is 0 Å². The van der Waals surface area contributed by atoms with Crippen LogP contribution in [0.1, 0.15) is 12.5 Å². The summed E-state index contributed by atoms with van der Waals surface area (Å²) in [4.78, 5) is 36.4. The molecule has 7 heteroatoms. The van der Waals surface area contributed by atoms with Gasteiger partial charge in [0.1, 0.15) is 12.6 Å². The Morgan fingerprint density at radius 2 is 1.91 bits per heavy atom. The lowest BCUT2D eigenvalue weighted by Gasteiger charge is -2.37. The molecular weight excluding hydrogens is 300 g/mol. The fourth-order valence-electron chi connectivity index (χ4n) is 2.17. The Morgan fingerprint density at radius 3 is 2.52 bits per heavy atom. The summed E-state index contributed by atoms with van der Waals surface area (Å²) < 4.78 is 9.72. The van der Waals surface area contributed by atoms with Crippen LogP contribution in [0.3, 0.4) is 0 Å². The number of benzene rings is 1.